The molecule has 0 aromatic rings. The van der Waals surface area contributed by atoms with Gasteiger partial charge in [0.15, 0.2) is 0 Å². The summed E-state index contributed by atoms with van der Waals surface area (Å²) in [5.41, 5.74) is 1.67. The van der Waals surface area contributed by atoms with E-state index in [9.17, 15) is 34.2 Å². The van der Waals surface area contributed by atoms with Gasteiger partial charge in [-0.3, -0.25) is 19.2 Å². The highest BCUT2D eigenvalue weighted by atomic mass is 16.7. The maximum Gasteiger partial charge on any atom is 0.329 e. The fraction of sp³-hybridized carbons (Fsp3) is 0.809. The van der Waals surface area contributed by atoms with Gasteiger partial charge in [-0.05, 0) is 108 Å². The molecule has 61 heavy (non-hydrogen) atoms. The summed E-state index contributed by atoms with van der Waals surface area (Å²) in [6.07, 6.45) is 6.54. The van der Waals surface area contributed by atoms with E-state index < -0.39 is 77.8 Å². The first kappa shape index (κ1) is 49.0. The Balaban J connectivity index is 1.49. The first-order chi connectivity index (χ1) is 28.9. The van der Waals surface area contributed by atoms with E-state index in [0.29, 0.717) is 50.5 Å². The maximum atomic E-state index is 14.4. The number of carbonyl (C=O) groups excluding carboxylic acids is 5. The molecule has 14 nitrogen and oxygen atoms in total. The third-order valence-corrected chi connectivity index (χ3v) is 14.2. The molecule has 2 saturated carbocycles. The van der Waals surface area contributed by atoms with Crippen LogP contribution in [0.2, 0.25) is 0 Å². The molecule has 0 radical (unpaired) electrons. The molecule has 344 valence electrons. The Morgan fingerprint density at radius 3 is 2.25 bits per heavy atom. The van der Waals surface area contributed by atoms with Crippen molar-refractivity contribution in [2.75, 3.05) is 27.9 Å². The van der Waals surface area contributed by atoms with Crippen molar-refractivity contribution in [3.8, 4) is 0 Å². The van der Waals surface area contributed by atoms with Gasteiger partial charge in [-0.1, -0.05) is 45.4 Å². The fourth-order valence-electron chi connectivity index (χ4n) is 10.2. The molecule has 14 unspecified atom stereocenters. The largest absolute Gasteiger partial charge is 0.456 e. The van der Waals surface area contributed by atoms with Crippen LogP contribution in [0.25, 0.3) is 0 Å². The minimum Gasteiger partial charge on any atom is -0.456 e. The van der Waals surface area contributed by atoms with Gasteiger partial charge in [-0.25, -0.2) is 4.79 Å². The number of methoxy groups -OCH3 is 3. The molecule has 3 N–H and O–H groups in total. The first-order valence-corrected chi connectivity index (χ1v) is 22.9. The van der Waals surface area contributed by atoms with Crippen molar-refractivity contribution in [2.24, 2.45) is 35.5 Å². The summed E-state index contributed by atoms with van der Waals surface area (Å²) < 4.78 is 30.2. The van der Waals surface area contributed by atoms with Crippen LogP contribution in [0.4, 0.5) is 0 Å². The van der Waals surface area contributed by atoms with Gasteiger partial charge in [0.25, 0.3) is 11.7 Å². The zero-order valence-corrected chi connectivity index (χ0v) is 38.1. The number of nitrogens with zero attached hydrogens (tertiary/aromatic N) is 1. The van der Waals surface area contributed by atoms with Crippen LogP contribution in [0.5, 0.6) is 0 Å². The fourth-order valence-corrected chi connectivity index (χ4v) is 10.2. The molecule has 5 rings (SSSR count). The molecule has 2 aliphatic carbocycles. The lowest BCUT2D eigenvalue weighted by molar-refractivity contribution is -0.302. The number of ketones is 2. The molecular formula is C47H74N2O12. The summed E-state index contributed by atoms with van der Waals surface area (Å²) >= 11 is 0. The van der Waals surface area contributed by atoms with Crippen molar-refractivity contribution in [3.05, 3.63) is 23.3 Å². The third-order valence-electron chi connectivity index (χ3n) is 14.2. The predicted molar refractivity (Wildman–Crippen MR) is 227 cm³/mol. The lowest BCUT2D eigenvalue weighted by Crippen LogP contribution is -2.64. The number of allylic oxidation sites excluding steroid dienone is 3. The monoisotopic (exact) mass is 859 g/mol. The van der Waals surface area contributed by atoms with Gasteiger partial charge < -0.3 is 44.1 Å². The Bertz CT molecular complexity index is 1630. The van der Waals surface area contributed by atoms with Gasteiger partial charge in [0, 0.05) is 58.0 Å². The number of nitrogens with one attached hydrogen (secondary N) is 1. The summed E-state index contributed by atoms with van der Waals surface area (Å²) in [5, 5.41) is 27.0. The van der Waals surface area contributed by atoms with Crippen molar-refractivity contribution in [1.82, 2.24) is 10.2 Å². The van der Waals surface area contributed by atoms with E-state index in [1.165, 1.54) is 19.1 Å². The zero-order valence-electron chi connectivity index (χ0n) is 38.1. The highest BCUT2D eigenvalue weighted by molar-refractivity contribution is 6.39. The molecule has 0 aromatic carbocycles. The van der Waals surface area contributed by atoms with Crippen LogP contribution in [0.15, 0.2) is 23.3 Å². The molecule has 0 spiro atoms. The number of ether oxygens (including phenoxy) is 5. The zero-order chi connectivity index (χ0) is 44.8. The average molecular weight is 859 g/mol. The molecule has 4 fully saturated rings. The van der Waals surface area contributed by atoms with Gasteiger partial charge >= 0.3 is 5.97 Å². The van der Waals surface area contributed by atoms with E-state index in [1.807, 2.05) is 32.9 Å². The highest BCUT2D eigenvalue weighted by Crippen LogP contribution is 2.39. The minimum absolute atomic E-state index is 0.0108. The molecule has 2 saturated heterocycles. The van der Waals surface area contributed by atoms with Crippen molar-refractivity contribution < 1.29 is 57.9 Å². The lowest BCUT2D eigenvalue weighted by Gasteiger charge is -2.47. The lowest BCUT2D eigenvalue weighted by atomic mass is 9.80. The Morgan fingerprint density at radius 1 is 0.934 bits per heavy atom. The molecular weight excluding hydrogens is 785 g/mol. The summed E-state index contributed by atoms with van der Waals surface area (Å²) in [5.74, 6) is -7.36. The molecule has 3 heterocycles. The van der Waals surface area contributed by atoms with E-state index in [4.69, 9.17) is 23.7 Å². The average Bonchev–Trinajstić information content (AvgIpc) is 4.10. The summed E-state index contributed by atoms with van der Waals surface area (Å²) in [4.78, 5) is 70.7. The second-order valence-corrected chi connectivity index (χ2v) is 19.0. The van der Waals surface area contributed by atoms with E-state index in [0.717, 1.165) is 24.8 Å². The van der Waals surface area contributed by atoms with Crippen LogP contribution in [0.3, 0.4) is 0 Å². The Hall–Kier alpha value is -3.01. The SMILES string of the molecule is CCC1/C=C(\C)CC(C)CC(OC)C2OC(O)(C(=O)C(=O)N3CCCCC3C(=O)OC(C(C)=CC3CCC(NC(=O)C4CC4)C(OC)C3)C(C)C(O)CC1=O)C(C)CC2OC. The van der Waals surface area contributed by atoms with Crippen LogP contribution in [0, 0.1) is 35.5 Å². The van der Waals surface area contributed by atoms with Crippen molar-refractivity contribution in [2.45, 2.75) is 180 Å². The molecule has 2 amide bonds. The number of cyclic esters (lactones) is 1. The quantitative estimate of drug-likeness (QED) is 0.169. The minimum atomic E-state index is -2.51. The van der Waals surface area contributed by atoms with Crippen LogP contribution in [0.1, 0.15) is 125 Å². The van der Waals surface area contributed by atoms with Crippen LogP contribution < -0.4 is 5.32 Å². The molecule has 2 bridgehead atoms. The van der Waals surface area contributed by atoms with Gasteiger partial charge in [0.2, 0.25) is 11.7 Å². The molecule has 14 atom stereocenters. The highest BCUT2D eigenvalue weighted by Gasteiger charge is 2.56. The second-order valence-electron chi connectivity index (χ2n) is 19.0. The van der Waals surface area contributed by atoms with Gasteiger partial charge in [-0.2, -0.15) is 0 Å². The number of amides is 2. The van der Waals surface area contributed by atoms with Crippen LogP contribution in [-0.4, -0.2) is 127 Å². The topological polar surface area (TPSA) is 187 Å². The van der Waals surface area contributed by atoms with Crippen LogP contribution >= 0.6 is 0 Å². The molecule has 14 heteroatoms. The van der Waals surface area contributed by atoms with E-state index >= 15 is 0 Å². The summed E-state index contributed by atoms with van der Waals surface area (Å²) in [6.45, 7) is 11.3. The number of aliphatic hydroxyl groups is 2. The Labute approximate surface area is 362 Å². The van der Waals surface area contributed by atoms with Gasteiger partial charge in [-0.15, -0.1) is 0 Å². The van der Waals surface area contributed by atoms with Crippen molar-refractivity contribution in [1.29, 1.82) is 0 Å². The first-order valence-electron chi connectivity index (χ1n) is 22.9. The number of fused-ring (bicyclic) bond motifs is 3. The summed E-state index contributed by atoms with van der Waals surface area (Å²) in [6, 6.07) is -1.25. The van der Waals surface area contributed by atoms with E-state index in [2.05, 4.69) is 12.2 Å². The number of hydrogen-bond donors (Lipinski definition) is 3. The number of Topliss-reactive ketones (excluding diaryl/α,β-unsaturated/α-hetero) is 2. The molecule has 0 aromatic heterocycles. The third kappa shape index (κ3) is 11.8. The number of carbonyl (C=O) groups is 5. The number of aliphatic hydroxyl groups excluding tert-OH is 1. The predicted octanol–water partition coefficient (Wildman–Crippen LogP) is 5.01. The second kappa shape index (κ2) is 21.6. The van der Waals surface area contributed by atoms with E-state index in [-0.39, 0.29) is 67.4 Å². The van der Waals surface area contributed by atoms with Gasteiger partial charge in [0.1, 0.15) is 24.0 Å². The Kier molecular flexibility index (Phi) is 17.3. The van der Waals surface area contributed by atoms with Crippen molar-refractivity contribution >= 4 is 29.4 Å². The number of hydrogen-bond acceptors (Lipinski definition) is 12. The number of esters is 1. The number of rotatable bonds is 8. The van der Waals surface area contributed by atoms with Crippen LogP contribution in [-0.2, 0) is 47.7 Å². The maximum absolute atomic E-state index is 14.4. The normalized spacial score (nSPS) is 40.2. The molecule has 3 aliphatic heterocycles. The standard InChI is InChI=1S/C47H74N2O12/c1-10-32-20-26(2)19-27(3)21-39(58-8)42-40(59-9)23-29(5)47(56,61-42)43(52)45(54)49-18-12-11-13-35(49)46(55)60-41(30(6)36(50)25-37(32)51)28(4)22-31-14-17-34(38(24-31)57-7)48-44(53)33-15-16-33/h20,22,27,29-36,38-42,50,56H,10-19,21,23-25H2,1-9H3,(H,48,53)/b26-20+,28-22?. The van der Waals surface area contributed by atoms with E-state index in [1.54, 1.807) is 21.0 Å². The smallest absolute Gasteiger partial charge is 0.329 e. The summed E-state index contributed by atoms with van der Waals surface area (Å²) in [7, 11) is 4.71. The number of piperidine rings is 1. The molecule has 5 aliphatic rings. The van der Waals surface area contributed by atoms with Gasteiger partial charge in [0.05, 0.1) is 30.5 Å². The van der Waals surface area contributed by atoms with Crippen molar-refractivity contribution in [3.63, 3.8) is 0 Å². The Morgan fingerprint density at radius 2 is 1.61 bits per heavy atom.